The molecule has 0 radical (unpaired) electrons. The van der Waals surface area contributed by atoms with Crippen LogP contribution in [0.5, 0.6) is 0 Å². The molecule has 0 heterocycles. The van der Waals surface area contributed by atoms with E-state index < -0.39 is 21.7 Å². The SMILES string of the molecule is COC(=O)OCC#CCN(C1(C)CCC(=O)CC1)S(=O)(=O)c1ccc(C)cc1. The summed E-state index contributed by atoms with van der Waals surface area (Å²) in [7, 11) is -2.62. The lowest BCUT2D eigenvalue weighted by Crippen LogP contribution is -2.51. The number of carbonyl (C=O) groups excluding carboxylic acids is 2. The van der Waals surface area contributed by atoms with Crippen molar-refractivity contribution in [3.8, 4) is 11.8 Å². The van der Waals surface area contributed by atoms with Crippen molar-refractivity contribution < 1.29 is 27.5 Å². The van der Waals surface area contributed by atoms with Gasteiger partial charge < -0.3 is 9.47 Å². The van der Waals surface area contributed by atoms with Gasteiger partial charge in [-0.3, -0.25) is 4.79 Å². The number of sulfonamides is 1. The Bertz CT molecular complexity index is 870. The summed E-state index contributed by atoms with van der Waals surface area (Å²) in [5.41, 5.74) is 0.245. The Morgan fingerprint density at radius 1 is 1.18 bits per heavy atom. The summed E-state index contributed by atoms with van der Waals surface area (Å²) in [4.78, 5) is 22.8. The number of ether oxygens (including phenoxy) is 2. The number of hydrogen-bond acceptors (Lipinski definition) is 6. The van der Waals surface area contributed by atoms with Crippen LogP contribution in [0.2, 0.25) is 0 Å². The van der Waals surface area contributed by atoms with Gasteiger partial charge in [0.2, 0.25) is 10.0 Å². The number of benzene rings is 1. The quantitative estimate of drug-likeness (QED) is 0.551. The van der Waals surface area contributed by atoms with E-state index in [9.17, 15) is 18.0 Å². The van der Waals surface area contributed by atoms with Gasteiger partial charge in [0.15, 0.2) is 6.61 Å². The molecule has 8 heteroatoms. The van der Waals surface area contributed by atoms with Gasteiger partial charge in [-0.2, -0.15) is 4.31 Å². The molecule has 1 aliphatic rings. The third-order valence-corrected chi connectivity index (χ3v) is 6.89. The highest BCUT2D eigenvalue weighted by atomic mass is 32.2. The van der Waals surface area contributed by atoms with Crippen LogP contribution >= 0.6 is 0 Å². The minimum Gasteiger partial charge on any atom is -0.438 e. The Kier molecular flexibility index (Phi) is 7.22. The minimum absolute atomic E-state index is 0.0641. The number of carbonyl (C=O) groups is 2. The van der Waals surface area contributed by atoms with Gasteiger partial charge in [0.05, 0.1) is 18.6 Å². The first-order valence-electron chi connectivity index (χ1n) is 8.97. The van der Waals surface area contributed by atoms with Crippen molar-refractivity contribution in [3.63, 3.8) is 0 Å². The van der Waals surface area contributed by atoms with Gasteiger partial charge in [0, 0.05) is 18.4 Å². The molecular weight excluding hydrogens is 382 g/mol. The Balaban J connectivity index is 2.28. The number of Topliss-reactive ketones (excluding diaryl/α,β-unsaturated/α-hetero) is 1. The van der Waals surface area contributed by atoms with Crippen molar-refractivity contribution in [3.05, 3.63) is 29.8 Å². The fraction of sp³-hybridized carbons (Fsp3) is 0.500. The first kappa shape index (κ1) is 21.9. The van der Waals surface area contributed by atoms with Gasteiger partial charge in [-0.25, -0.2) is 13.2 Å². The third kappa shape index (κ3) is 5.33. The predicted molar refractivity (Wildman–Crippen MR) is 103 cm³/mol. The summed E-state index contributed by atoms with van der Waals surface area (Å²) in [5.74, 6) is 5.54. The highest BCUT2D eigenvalue weighted by Crippen LogP contribution is 2.35. The third-order valence-electron chi connectivity index (χ3n) is 4.87. The monoisotopic (exact) mass is 407 g/mol. The van der Waals surface area contributed by atoms with Crippen LogP contribution in [-0.4, -0.2) is 50.5 Å². The predicted octanol–water partition coefficient (Wildman–Crippen LogP) is 2.67. The molecule has 1 aromatic rings. The first-order valence-corrected chi connectivity index (χ1v) is 10.4. The van der Waals surface area contributed by atoms with Crippen molar-refractivity contribution in [1.82, 2.24) is 4.31 Å². The molecule has 7 nitrogen and oxygen atoms in total. The lowest BCUT2D eigenvalue weighted by Gasteiger charge is -2.41. The highest BCUT2D eigenvalue weighted by molar-refractivity contribution is 7.89. The van der Waals surface area contributed by atoms with E-state index in [1.807, 2.05) is 13.8 Å². The summed E-state index contributed by atoms with van der Waals surface area (Å²) in [6, 6.07) is 6.63. The molecule has 0 aliphatic heterocycles. The average Bonchev–Trinajstić information content (AvgIpc) is 2.67. The van der Waals surface area contributed by atoms with E-state index in [2.05, 4.69) is 16.6 Å². The van der Waals surface area contributed by atoms with Crippen LogP contribution in [0.25, 0.3) is 0 Å². The summed E-state index contributed by atoms with van der Waals surface area (Å²) < 4.78 is 37.0. The van der Waals surface area contributed by atoms with Crippen molar-refractivity contribution in [2.75, 3.05) is 20.3 Å². The Morgan fingerprint density at radius 3 is 2.36 bits per heavy atom. The zero-order valence-corrected chi connectivity index (χ0v) is 17.2. The topological polar surface area (TPSA) is 90.0 Å². The minimum atomic E-state index is -3.81. The van der Waals surface area contributed by atoms with Gasteiger partial charge in [0.1, 0.15) is 5.78 Å². The molecule has 1 saturated carbocycles. The van der Waals surface area contributed by atoms with Crippen molar-refractivity contribution >= 4 is 22.0 Å². The van der Waals surface area contributed by atoms with Crippen molar-refractivity contribution in [2.45, 2.75) is 50.0 Å². The van der Waals surface area contributed by atoms with E-state index >= 15 is 0 Å². The van der Waals surface area contributed by atoms with E-state index in [1.165, 1.54) is 11.4 Å². The standard InChI is InChI=1S/C20H25NO6S/c1-16-6-8-18(9-7-16)28(24,25)21(14-4-5-15-27-19(23)26-3)20(2)12-10-17(22)11-13-20/h6-9H,10-15H2,1-3H3. The summed E-state index contributed by atoms with van der Waals surface area (Å²) >= 11 is 0. The largest absolute Gasteiger partial charge is 0.508 e. The van der Waals surface area contributed by atoms with Gasteiger partial charge >= 0.3 is 6.16 Å². The van der Waals surface area contributed by atoms with Crippen LogP contribution in [0.1, 0.15) is 38.2 Å². The molecule has 2 rings (SSSR count). The first-order chi connectivity index (χ1) is 13.2. The molecule has 28 heavy (non-hydrogen) atoms. The lowest BCUT2D eigenvalue weighted by atomic mass is 9.82. The second kappa shape index (κ2) is 9.22. The fourth-order valence-corrected chi connectivity index (χ4v) is 4.78. The molecule has 0 unspecified atom stereocenters. The van der Waals surface area contributed by atoms with E-state index in [4.69, 9.17) is 4.74 Å². The second-order valence-corrected chi connectivity index (χ2v) is 8.82. The number of rotatable bonds is 5. The van der Waals surface area contributed by atoms with Crippen LogP contribution in [0, 0.1) is 18.8 Å². The maximum absolute atomic E-state index is 13.3. The van der Waals surface area contributed by atoms with Crippen LogP contribution in [0.3, 0.4) is 0 Å². The van der Waals surface area contributed by atoms with E-state index in [1.54, 1.807) is 24.3 Å². The van der Waals surface area contributed by atoms with Crippen molar-refractivity contribution in [1.29, 1.82) is 0 Å². The van der Waals surface area contributed by atoms with Crippen LogP contribution < -0.4 is 0 Å². The number of aryl methyl sites for hydroxylation is 1. The van der Waals surface area contributed by atoms with Crippen LogP contribution in [0.15, 0.2) is 29.2 Å². The Morgan fingerprint density at radius 2 is 1.79 bits per heavy atom. The zero-order chi connectivity index (χ0) is 20.8. The molecule has 0 saturated heterocycles. The number of nitrogens with zero attached hydrogens (tertiary/aromatic N) is 1. The average molecular weight is 407 g/mol. The highest BCUT2D eigenvalue weighted by Gasteiger charge is 2.42. The lowest BCUT2D eigenvalue weighted by molar-refractivity contribution is -0.122. The molecular formula is C20H25NO6S. The maximum Gasteiger partial charge on any atom is 0.508 e. The molecule has 152 valence electrons. The molecule has 1 fully saturated rings. The number of hydrogen-bond donors (Lipinski definition) is 0. The molecule has 1 aliphatic carbocycles. The molecule has 1 aromatic carbocycles. The van der Waals surface area contributed by atoms with Crippen LogP contribution in [-0.2, 0) is 24.3 Å². The summed E-state index contributed by atoms with van der Waals surface area (Å²) in [6.07, 6.45) is 0.718. The van der Waals surface area contributed by atoms with Gasteiger partial charge in [-0.15, -0.1) is 0 Å². The molecule has 0 atom stereocenters. The zero-order valence-electron chi connectivity index (χ0n) is 16.4. The van der Waals surface area contributed by atoms with E-state index in [-0.39, 0.29) is 23.8 Å². The Labute approximate surface area is 166 Å². The number of methoxy groups -OCH3 is 1. The van der Waals surface area contributed by atoms with E-state index in [0.717, 1.165) is 5.56 Å². The molecule has 0 N–H and O–H groups in total. The van der Waals surface area contributed by atoms with Crippen molar-refractivity contribution in [2.24, 2.45) is 0 Å². The second-order valence-electron chi connectivity index (χ2n) is 6.96. The summed E-state index contributed by atoms with van der Waals surface area (Å²) in [6.45, 7) is 3.47. The van der Waals surface area contributed by atoms with Gasteiger partial charge in [-0.05, 0) is 38.8 Å². The molecule has 0 amide bonds. The van der Waals surface area contributed by atoms with E-state index in [0.29, 0.717) is 25.7 Å². The normalized spacial score (nSPS) is 16.2. The maximum atomic E-state index is 13.3. The summed E-state index contributed by atoms with van der Waals surface area (Å²) in [5, 5.41) is 0. The van der Waals surface area contributed by atoms with Crippen LogP contribution in [0.4, 0.5) is 4.79 Å². The van der Waals surface area contributed by atoms with Gasteiger partial charge in [-0.1, -0.05) is 29.5 Å². The van der Waals surface area contributed by atoms with Gasteiger partial charge in [0.25, 0.3) is 0 Å². The smallest absolute Gasteiger partial charge is 0.438 e. The fourth-order valence-electron chi connectivity index (χ4n) is 3.05. The number of ketones is 1. The molecule has 0 spiro atoms. The molecule has 0 aromatic heterocycles. The Hall–Kier alpha value is -2.37. The molecule has 0 bridgehead atoms.